The van der Waals surface area contributed by atoms with Crippen molar-refractivity contribution < 1.29 is 31.9 Å². The number of thiazole rings is 1. The van der Waals surface area contributed by atoms with E-state index in [-0.39, 0.29) is 4.80 Å². The highest BCUT2D eigenvalue weighted by Gasteiger charge is 2.25. The van der Waals surface area contributed by atoms with Crippen molar-refractivity contribution in [3.8, 4) is 0 Å². The molecule has 0 aliphatic carbocycles. The van der Waals surface area contributed by atoms with E-state index in [1.54, 1.807) is 10.6 Å². The Morgan fingerprint density at radius 3 is 2.70 bits per heavy atom. The molecule has 0 atom stereocenters. The van der Waals surface area contributed by atoms with Crippen LogP contribution in [0.4, 0.5) is 4.39 Å². The van der Waals surface area contributed by atoms with Gasteiger partial charge in [-0.25, -0.2) is 12.8 Å². The second-order valence-corrected chi connectivity index (χ2v) is 9.75. The summed E-state index contributed by atoms with van der Waals surface area (Å²) < 4.78 is 50.6. The van der Waals surface area contributed by atoms with Crippen LogP contribution in [0.1, 0.15) is 0 Å². The van der Waals surface area contributed by atoms with E-state index >= 15 is 0 Å². The van der Waals surface area contributed by atoms with E-state index in [0.29, 0.717) is 49.7 Å². The lowest BCUT2D eigenvalue weighted by Crippen LogP contribution is -2.43. The minimum absolute atomic E-state index is 0.243. The van der Waals surface area contributed by atoms with Crippen LogP contribution < -0.4 is 4.80 Å². The summed E-state index contributed by atoms with van der Waals surface area (Å²) in [6.45, 7) is 2.05. The number of carbonyl (C=O) groups is 2. The van der Waals surface area contributed by atoms with E-state index in [2.05, 4.69) is 4.99 Å². The van der Waals surface area contributed by atoms with Crippen molar-refractivity contribution in [3.05, 3.63) is 28.8 Å². The maximum absolute atomic E-state index is 13.5. The lowest BCUT2D eigenvalue weighted by Gasteiger charge is -2.26. The van der Waals surface area contributed by atoms with Crippen molar-refractivity contribution in [2.45, 2.75) is 6.54 Å². The fraction of sp³-hybridized carbons (Fsp3) is 0.500. The predicted molar refractivity (Wildman–Crippen MR) is 108 cm³/mol. The van der Waals surface area contributed by atoms with Gasteiger partial charge in [0.25, 0.3) is 5.91 Å². The third-order valence-electron chi connectivity index (χ3n) is 4.43. The topological polar surface area (TPSA) is 107 Å². The Bertz CT molecular complexity index is 1100. The van der Waals surface area contributed by atoms with Gasteiger partial charge in [0.1, 0.15) is 17.3 Å². The van der Waals surface area contributed by atoms with E-state index < -0.39 is 39.0 Å². The molecule has 1 aliphatic heterocycles. The van der Waals surface area contributed by atoms with Crippen molar-refractivity contribution in [3.63, 3.8) is 0 Å². The molecular formula is C18H22FN3O6S2. The minimum Gasteiger partial charge on any atom is -0.383 e. The van der Waals surface area contributed by atoms with Gasteiger partial charge in [-0.05, 0) is 18.2 Å². The number of halogens is 1. The molecule has 0 saturated carbocycles. The van der Waals surface area contributed by atoms with E-state index in [0.717, 1.165) is 11.3 Å². The number of hydrogen-bond donors (Lipinski definition) is 0. The number of methoxy groups -OCH3 is 1. The molecule has 0 radical (unpaired) electrons. The van der Waals surface area contributed by atoms with E-state index in [9.17, 15) is 22.4 Å². The number of nitrogens with zero attached hydrogens (tertiary/aromatic N) is 3. The van der Waals surface area contributed by atoms with Crippen LogP contribution >= 0.6 is 11.3 Å². The van der Waals surface area contributed by atoms with Crippen LogP contribution in [-0.4, -0.2) is 81.2 Å². The lowest BCUT2D eigenvalue weighted by atomic mass is 10.3. The quantitative estimate of drug-likeness (QED) is 0.585. The Morgan fingerprint density at radius 1 is 1.27 bits per heavy atom. The number of amides is 2. The Labute approximate surface area is 176 Å². The summed E-state index contributed by atoms with van der Waals surface area (Å²) in [4.78, 5) is 30.1. The fourth-order valence-corrected chi connectivity index (χ4v) is 5.20. The SMILES string of the molecule is COCCn1c(=NC(=O)CS(=O)(=O)CC(=O)N2CCOCC2)sc2cc(F)ccc21. The Hall–Kier alpha value is -2.15. The highest BCUT2D eigenvalue weighted by molar-refractivity contribution is 7.92. The first-order chi connectivity index (χ1) is 14.3. The summed E-state index contributed by atoms with van der Waals surface area (Å²) in [5.74, 6) is -3.50. The summed E-state index contributed by atoms with van der Waals surface area (Å²) in [5.41, 5.74) is 0.662. The van der Waals surface area contributed by atoms with Gasteiger partial charge in [-0.15, -0.1) is 0 Å². The molecule has 2 aromatic rings. The van der Waals surface area contributed by atoms with E-state index in [1.807, 2.05) is 0 Å². The second kappa shape index (κ2) is 9.77. The molecule has 1 saturated heterocycles. The third kappa shape index (κ3) is 5.72. The number of hydrogen-bond acceptors (Lipinski definition) is 7. The monoisotopic (exact) mass is 459 g/mol. The molecule has 2 heterocycles. The Balaban J connectivity index is 1.79. The number of fused-ring (bicyclic) bond motifs is 1. The van der Waals surface area contributed by atoms with Crippen molar-refractivity contribution >= 4 is 43.2 Å². The molecule has 2 amide bonds. The van der Waals surface area contributed by atoms with Crippen molar-refractivity contribution in [2.24, 2.45) is 4.99 Å². The number of aromatic nitrogens is 1. The normalized spacial score (nSPS) is 15.7. The van der Waals surface area contributed by atoms with Crippen LogP contribution in [-0.2, 0) is 35.4 Å². The molecular weight excluding hydrogens is 437 g/mol. The zero-order valence-corrected chi connectivity index (χ0v) is 18.0. The summed E-state index contributed by atoms with van der Waals surface area (Å²) in [6.07, 6.45) is 0. The van der Waals surface area contributed by atoms with Crippen molar-refractivity contribution in [1.82, 2.24) is 9.47 Å². The van der Waals surface area contributed by atoms with Gasteiger partial charge in [0.05, 0.1) is 30.0 Å². The first-order valence-electron chi connectivity index (χ1n) is 9.20. The van der Waals surface area contributed by atoms with Gasteiger partial charge < -0.3 is 18.9 Å². The van der Waals surface area contributed by atoms with Gasteiger partial charge in [-0.2, -0.15) is 4.99 Å². The van der Waals surface area contributed by atoms with Crippen LogP contribution in [0.15, 0.2) is 23.2 Å². The van der Waals surface area contributed by atoms with Crippen LogP contribution in [0.3, 0.4) is 0 Å². The highest BCUT2D eigenvalue weighted by atomic mass is 32.2. The van der Waals surface area contributed by atoms with Gasteiger partial charge in [0, 0.05) is 26.7 Å². The van der Waals surface area contributed by atoms with Gasteiger partial charge in [-0.1, -0.05) is 11.3 Å². The molecule has 1 aromatic heterocycles. The first-order valence-corrected chi connectivity index (χ1v) is 11.8. The van der Waals surface area contributed by atoms with E-state index in [1.165, 1.54) is 24.1 Å². The number of sulfone groups is 1. The molecule has 1 aliphatic rings. The van der Waals surface area contributed by atoms with Crippen molar-refractivity contribution in [1.29, 1.82) is 0 Å². The largest absolute Gasteiger partial charge is 0.383 e. The highest BCUT2D eigenvalue weighted by Crippen LogP contribution is 2.18. The number of carbonyl (C=O) groups excluding carboxylic acids is 2. The Kier molecular flexibility index (Phi) is 7.34. The first kappa shape index (κ1) is 22.5. The molecule has 1 aromatic carbocycles. The molecule has 9 nitrogen and oxygen atoms in total. The van der Waals surface area contributed by atoms with Crippen molar-refractivity contribution in [2.75, 3.05) is 51.5 Å². The van der Waals surface area contributed by atoms with Gasteiger partial charge in [0.2, 0.25) is 5.91 Å². The molecule has 12 heteroatoms. The van der Waals surface area contributed by atoms with Crippen LogP contribution in [0.2, 0.25) is 0 Å². The number of benzene rings is 1. The van der Waals surface area contributed by atoms with Crippen LogP contribution in [0, 0.1) is 5.82 Å². The molecule has 3 rings (SSSR count). The average Bonchev–Trinajstić information content (AvgIpc) is 3.01. The average molecular weight is 460 g/mol. The smallest absolute Gasteiger partial charge is 0.263 e. The zero-order chi connectivity index (χ0) is 21.7. The summed E-state index contributed by atoms with van der Waals surface area (Å²) in [5, 5.41) is 0. The maximum Gasteiger partial charge on any atom is 0.263 e. The van der Waals surface area contributed by atoms with Gasteiger partial charge in [-0.3, -0.25) is 9.59 Å². The minimum atomic E-state index is -3.98. The molecule has 30 heavy (non-hydrogen) atoms. The number of rotatable bonds is 7. The zero-order valence-electron chi connectivity index (χ0n) is 16.4. The molecule has 0 unspecified atom stereocenters. The maximum atomic E-state index is 13.5. The predicted octanol–water partition coefficient (Wildman–Crippen LogP) is 0.189. The molecule has 1 fully saturated rings. The standard InChI is InChI=1S/C18H22FN3O6S2/c1-27-7-6-22-14-3-2-13(19)10-15(14)29-18(22)20-16(23)11-30(25,26)12-17(24)21-4-8-28-9-5-21/h2-3,10H,4-9,11-12H2,1H3. The molecule has 164 valence electrons. The Morgan fingerprint density at radius 2 is 2.00 bits per heavy atom. The van der Waals surface area contributed by atoms with Gasteiger partial charge in [0.15, 0.2) is 14.6 Å². The van der Waals surface area contributed by atoms with E-state index in [4.69, 9.17) is 9.47 Å². The van der Waals surface area contributed by atoms with Gasteiger partial charge >= 0.3 is 0 Å². The van der Waals surface area contributed by atoms with Crippen LogP contribution in [0.25, 0.3) is 10.2 Å². The molecule has 0 bridgehead atoms. The van der Waals surface area contributed by atoms with Crippen LogP contribution in [0.5, 0.6) is 0 Å². The summed E-state index contributed by atoms with van der Waals surface area (Å²) in [7, 11) is -2.46. The lowest BCUT2D eigenvalue weighted by molar-refractivity contribution is -0.132. The summed E-state index contributed by atoms with van der Waals surface area (Å²) in [6, 6.07) is 4.19. The third-order valence-corrected chi connectivity index (χ3v) is 6.85. The molecule has 0 spiro atoms. The number of morpholine rings is 1. The second-order valence-electron chi connectivity index (χ2n) is 6.67. The molecule has 0 N–H and O–H groups in total. The fourth-order valence-electron chi connectivity index (χ4n) is 3.00. The number of ether oxygens (including phenoxy) is 2. The summed E-state index contributed by atoms with van der Waals surface area (Å²) >= 11 is 1.08.